The summed E-state index contributed by atoms with van der Waals surface area (Å²) in [6.07, 6.45) is -3.38. The molecule has 0 radical (unpaired) electrons. The molecule has 0 saturated carbocycles. The average molecular weight is 264 g/mol. The third-order valence-corrected chi connectivity index (χ3v) is 2.12. The fourth-order valence-electron chi connectivity index (χ4n) is 1.21. The van der Waals surface area contributed by atoms with Gasteiger partial charge in [0.1, 0.15) is 0 Å². The van der Waals surface area contributed by atoms with Crippen LogP contribution in [-0.4, -0.2) is 12.0 Å². The first-order chi connectivity index (χ1) is 8.14. The van der Waals surface area contributed by atoms with E-state index in [0.29, 0.717) is 12.1 Å². The summed E-state index contributed by atoms with van der Waals surface area (Å²) in [7, 11) is 0. The monoisotopic (exact) mass is 264 g/mol. The molecule has 0 aromatic heterocycles. The van der Waals surface area contributed by atoms with Gasteiger partial charge in [0, 0.05) is 5.56 Å². The number of benzene rings is 1. The number of alkyl halides is 5. The Morgan fingerprint density at radius 2 is 1.78 bits per heavy atom. The lowest BCUT2D eigenvalue weighted by Crippen LogP contribution is -2.33. The van der Waals surface area contributed by atoms with Crippen molar-refractivity contribution in [2.24, 2.45) is 0 Å². The topological polar surface area (TPSA) is 17.1 Å². The summed E-state index contributed by atoms with van der Waals surface area (Å²) < 4.78 is 62.5. The molecular formula is C12H9F5O. The van der Waals surface area contributed by atoms with Crippen LogP contribution in [0, 0.1) is 0 Å². The molecule has 1 aromatic rings. The Morgan fingerprint density at radius 1 is 1.17 bits per heavy atom. The molecule has 0 spiro atoms. The Balaban J connectivity index is 3.13. The number of hydrogen-bond acceptors (Lipinski definition) is 1. The third kappa shape index (κ3) is 3.15. The van der Waals surface area contributed by atoms with Crippen LogP contribution in [0.2, 0.25) is 0 Å². The molecule has 18 heavy (non-hydrogen) atoms. The highest BCUT2D eigenvalue weighted by molar-refractivity contribution is 5.91. The highest BCUT2D eigenvalue weighted by atomic mass is 19.4. The van der Waals surface area contributed by atoms with E-state index >= 15 is 0 Å². The predicted octanol–water partition coefficient (Wildman–Crippen LogP) is 3.94. The molecule has 0 heterocycles. The first kappa shape index (κ1) is 14.3. The molecule has 0 saturated heterocycles. The van der Waals surface area contributed by atoms with Gasteiger partial charge in [-0.05, 0) is 24.6 Å². The van der Waals surface area contributed by atoms with Crippen molar-refractivity contribution in [2.45, 2.75) is 19.0 Å². The van der Waals surface area contributed by atoms with Crippen molar-refractivity contribution < 1.29 is 26.7 Å². The number of halogens is 5. The van der Waals surface area contributed by atoms with Gasteiger partial charge in [0.2, 0.25) is 0 Å². The molecule has 0 aliphatic rings. The van der Waals surface area contributed by atoms with Crippen molar-refractivity contribution in [2.75, 3.05) is 0 Å². The lowest BCUT2D eigenvalue weighted by atomic mass is 10.0. The van der Waals surface area contributed by atoms with Crippen molar-refractivity contribution in [3.63, 3.8) is 0 Å². The van der Waals surface area contributed by atoms with Gasteiger partial charge in [0.05, 0.1) is 0 Å². The van der Waals surface area contributed by atoms with E-state index in [4.69, 9.17) is 0 Å². The molecule has 98 valence electrons. The lowest BCUT2D eigenvalue weighted by molar-refractivity contribution is -0.289. The van der Waals surface area contributed by atoms with E-state index in [1.807, 2.05) is 0 Å². The standard InChI is InChI=1S/C12H9F5O/c1-8(18)5-6-9-3-2-4-10(7-9)11(13,14)12(15,16)17/h2-7H,1H3. The highest BCUT2D eigenvalue weighted by Crippen LogP contribution is 2.43. The van der Waals surface area contributed by atoms with E-state index in [-0.39, 0.29) is 11.3 Å². The zero-order valence-corrected chi connectivity index (χ0v) is 9.26. The summed E-state index contributed by atoms with van der Waals surface area (Å²) in [5.74, 6) is -5.24. The number of carbonyl (C=O) groups excluding carboxylic acids is 1. The van der Waals surface area contributed by atoms with Crippen LogP contribution >= 0.6 is 0 Å². The average Bonchev–Trinajstić information content (AvgIpc) is 2.25. The van der Waals surface area contributed by atoms with Gasteiger partial charge >= 0.3 is 12.1 Å². The fraction of sp³-hybridized carbons (Fsp3) is 0.250. The largest absolute Gasteiger partial charge is 0.458 e. The molecule has 0 aliphatic heterocycles. The molecule has 0 atom stereocenters. The first-order valence-electron chi connectivity index (χ1n) is 4.88. The van der Waals surface area contributed by atoms with Gasteiger partial charge in [-0.15, -0.1) is 0 Å². The van der Waals surface area contributed by atoms with Crippen LogP contribution < -0.4 is 0 Å². The Morgan fingerprint density at radius 3 is 2.28 bits per heavy atom. The molecule has 0 fully saturated rings. The molecule has 1 nitrogen and oxygen atoms in total. The summed E-state index contributed by atoms with van der Waals surface area (Å²) in [6, 6.07) is 3.80. The van der Waals surface area contributed by atoms with E-state index in [0.717, 1.165) is 12.1 Å². The maximum absolute atomic E-state index is 13.0. The second-order valence-electron chi connectivity index (χ2n) is 3.64. The van der Waals surface area contributed by atoms with Gasteiger partial charge in [-0.2, -0.15) is 22.0 Å². The smallest absolute Gasteiger partial charge is 0.295 e. The van der Waals surface area contributed by atoms with Crippen molar-refractivity contribution in [1.82, 2.24) is 0 Å². The molecular weight excluding hydrogens is 255 g/mol. The number of allylic oxidation sites excluding steroid dienone is 1. The second-order valence-corrected chi connectivity index (χ2v) is 3.64. The van der Waals surface area contributed by atoms with Gasteiger partial charge < -0.3 is 0 Å². The second kappa shape index (κ2) is 4.88. The molecule has 0 N–H and O–H groups in total. The molecule has 6 heteroatoms. The Hall–Kier alpha value is -1.72. The quantitative estimate of drug-likeness (QED) is 0.597. The molecule has 0 amide bonds. The maximum Gasteiger partial charge on any atom is 0.458 e. The maximum atomic E-state index is 13.0. The summed E-state index contributed by atoms with van der Waals surface area (Å²) in [5.41, 5.74) is -1.05. The Kier molecular flexibility index (Phi) is 3.88. The van der Waals surface area contributed by atoms with E-state index in [2.05, 4.69) is 0 Å². The number of hydrogen-bond donors (Lipinski definition) is 0. The molecule has 0 aliphatic carbocycles. The minimum atomic E-state index is -5.64. The van der Waals surface area contributed by atoms with E-state index in [9.17, 15) is 26.7 Å². The van der Waals surface area contributed by atoms with Crippen LogP contribution in [0.4, 0.5) is 22.0 Å². The van der Waals surface area contributed by atoms with E-state index < -0.39 is 17.7 Å². The summed E-state index contributed by atoms with van der Waals surface area (Å²) in [4.78, 5) is 10.6. The van der Waals surface area contributed by atoms with Crippen molar-refractivity contribution in [3.05, 3.63) is 41.5 Å². The van der Waals surface area contributed by atoms with E-state index in [1.165, 1.54) is 19.1 Å². The van der Waals surface area contributed by atoms with Gasteiger partial charge in [-0.25, -0.2) is 0 Å². The fourth-order valence-corrected chi connectivity index (χ4v) is 1.21. The number of rotatable bonds is 3. The number of carbonyl (C=O) groups is 1. The van der Waals surface area contributed by atoms with Crippen LogP contribution in [0.1, 0.15) is 18.1 Å². The van der Waals surface area contributed by atoms with Crippen molar-refractivity contribution in [3.8, 4) is 0 Å². The summed E-state index contributed by atoms with van der Waals surface area (Å²) in [5, 5.41) is 0. The summed E-state index contributed by atoms with van der Waals surface area (Å²) in [6.45, 7) is 1.24. The molecule has 0 unspecified atom stereocenters. The Bertz CT molecular complexity index is 474. The third-order valence-electron chi connectivity index (χ3n) is 2.12. The SMILES string of the molecule is CC(=O)C=Cc1cccc(C(F)(F)C(F)(F)F)c1. The molecule has 0 bridgehead atoms. The van der Waals surface area contributed by atoms with Crippen LogP contribution in [0.25, 0.3) is 6.08 Å². The van der Waals surface area contributed by atoms with Crippen LogP contribution in [0.5, 0.6) is 0 Å². The van der Waals surface area contributed by atoms with Gasteiger partial charge in [0.15, 0.2) is 5.78 Å². The van der Waals surface area contributed by atoms with Gasteiger partial charge in [-0.3, -0.25) is 4.79 Å². The zero-order chi connectivity index (χ0) is 14.0. The number of ketones is 1. The normalized spacial score (nSPS) is 13.0. The van der Waals surface area contributed by atoms with Gasteiger partial charge in [-0.1, -0.05) is 24.3 Å². The highest BCUT2D eigenvalue weighted by Gasteiger charge is 2.58. The summed E-state index contributed by atoms with van der Waals surface area (Å²) >= 11 is 0. The minimum absolute atomic E-state index is 0.103. The minimum Gasteiger partial charge on any atom is -0.295 e. The van der Waals surface area contributed by atoms with Crippen molar-refractivity contribution in [1.29, 1.82) is 0 Å². The lowest BCUT2D eigenvalue weighted by Gasteiger charge is -2.20. The van der Waals surface area contributed by atoms with Crippen molar-refractivity contribution >= 4 is 11.9 Å². The van der Waals surface area contributed by atoms with Crippen LogP contribution in [0.3, 0.4) is 0 Å². The molecule has 1 rings (SSSR count). The predicted molar refractivity (Wildman–Crippen MR) is 56.1 cm³/mol. The van der Waals surface area contributed by atoms with E-state index in [1.54, 1.807) is 0 Å². The first-order valence-corrected chi connectivity index (χ1v) is 4.88. The Labute approximate surface area is 99.9 Å². The van der Waals surface area contributed by atoms with Crippen LogP contribution in [0.15, 0.2) is 30.3 Å². The van der Waals surface area contributed by atoms with Crippen LogP contribution in [-0.2, 0) is 10.7 Å². The van der Waals surface area contributed by atoms with Gasteiger partial charge in [0.25, 0.3) is 0 Å². The zero-order valence-electron chi connectivity index (χ0n) is 9.26. The molecule has 1 aromatic carbocycles.